The van der Waals surface area contributed by atoms with Crippen LogP contribution in [0.1, 0.15) is 24.5 Å². The molecule has 1 aromatic carbocycles. The highest BCUT2D eigenvalue weighted by Crippen LogP contribution is 2.14. The van der Waals surface area contributed by atoms with E-state index in [9.17, 15) is 4.79 Å². The number of hydrogen-bond acceptors (Lipinski definition) is 4. The quantitative estimate of drug-likeness (QED) is 0.904. The van der Waals surface area contributed by atoms with E-state index in [-0.39, 0.29) is 11.9 Å². The van der Waals surface area contributed by atoms with Crippen molar-refractivity contribution < 1.29 is 4.79 Å². The first-order chi connectivity index (χ1) is 10.2. The van der Waals surface area contributed by atoms with Crippen LogP contribution in [0.25, 0.3) is 0 Å². The molecule has 21 heavy (non-hydrogen) atoms. The van der Waals surface area contributed by atoms with Gasteiger partial charge in [0.25, 0.3) is 0 Å². The molecule has 1 heterocycles. The Bertz CT molecular complexity index is 520. The number of thioether (sulfide) groups is 1. The Morgan fingerprint density at radius 3 is 3.00 bits per heavy atom. The van der Waals surface area contributed by atoms with E-state index in [0.29, 0.717) is 25.1 Å². The summed E-state index contributed by atoms with van der Waals surface area (Å²) in [5, 5.41) is 12.5. The van der Waals surface area contributed by atoms with Gasteiger partial charge in [-0.25, -0.2) is 0 Å². The summed E-state index contributed by atoms with van der Waals surface area (Å²) in [6, 6.07) is 9.95. The van der Waals surface area contributed by atoms with E-state index >= 15 is 0 Å². The minimum absolute atomic E-state index is 0.158. The standard InChI is InChI=1S/C16H21N3OS/c1-2-19(11-14-6-4-3-5-13(14)10-17)16(20)9-15-12-21-8-7-18-15/h3-6,15,18H,2,7-9,11-12H2,1H3. The van der Waals surface area contributed by atoms with Crippen molar-refractivity contribution in [2.45, 2.75) is 25.9 Å². The van der Waals surface area contributed by atoms with Crippen molar-refractivity contribution in [3.05, 3.63) is 35.4 Å². The third-order valence-electron chi connectivity index (χ3n) is 3.65. The molecule has 0 radical (unpaired) electrons. The van der Waals surface area contributed by atoms with Crippen molar-refractivity contribution >= 4 is 17.7 Å². The van der Waals surface area contributed by atoms with Crippen LogP contribution in [0.4, 0.5) is 0 Å². The first-order valence-corrected chi connectivity index (χ1v) is 8.47. The molecule has 0 saturated carbocycles. The zero-order valence-electron chi connectivity index (χ0n) is 12.3. The fourth-order valence-electron chi connectivity index (χ4n) is 2.44. The second-order valence-electron chi connectivity index (χ2n) is 5.11. The molecule has 112 valence electrons. The number of carbonyl (C=O) groups excluding carboxylic acids is 1. The van der Waals surface area contributed by atoms with E-state index in [4.69, 9.17) is 5.26 Å². The molecular weight excluding hydrogens is 282 g/mol. The lowest BCUT2D eigenvalue weighted by Crippen LogP contribution is -2.42. The van der Waals surface area contributed by atoms with Crippen molar-refractivity contribution in [2.24, 2.45) is 0 Å². The van der Waals surface area contributed by atoms with Gasteiger partial charge < -0.3 is 10.2 Å². The number of nitriles is 1. The molecule has 1 amide bonds. The number of rotatable bonds is 5. The molecule has 0 aromatic heterocycles. The molecule has 2 rings (SSSR count). The summed E-state index contributed by atoms with van der Waals surface area (Å²) in [4.78, 5) is 14.3. The predicted molar refractivity (Wildman–Crippen MR) is 86.0 cm³/mol. The lowest BCUT2D eigenvalue weighted by molar-refractivity contribution is -0.132. The highest BCUT2D eigenvalue weighted by Gasteiger charge is 2.20. The number of carbonyl (C=O) groups is 1. The smallest absolute Gasteiger partial charge is 0.224 e. The second kappa shape index (κ2) is 8.06. The number of nitrogens with zero attached hydrogens (tertiary/aromatic N) is 2. The van der Waals surface area contributed by atoms with E-state index in [2.05, 4.69) is 11.4 Å². The van der Waals surface area contributed by atoms with Crippen LogP contribution in [-0.4, -0.2) is 41.4 Å². The van der Waals surface area contributed by atoms with Gasteiger partial charge in [0, 0.05) is 43.6 Å². The molecule has 1 N–H and O–H groups in total. The molecule has 1 fully saturated rings. The minimum atomic E-state index is 0.158. The number of amides is 1. The molecule has 0 bridgehead atoms. The molecule has 1 atom stereocenters. The van der Waals surface area contributed by atoms with Gasteiger partial charge in [-0.2, -0.15) is 17.0 Å². The minimum Gasteiger partial charge on any atom is -0.339 e. The maximum atomic E-state index is 12.4. The molecule has 1 saturated heterocycles. The van der Waals surface area contributed by atoms with Crippen LogP contribution in [-0.2, 0) is 11.3 Å². The first-order valence-electron chi connectivity index (χ1n) is 7.31. The average molecular weight is 303 g/mol. The van der Waals surface area contributed by atoms with Gasteiger partial charge in [-0.05, 0) is 18.6 Å². The van der Waals surface area contributed by atoms with Gasteiger partial charge in [0.1, 0.15) is 0 Å². The van der Waals surface area contributed by atoms with Crippen LogP contribution >= 0.6 is 11.8 Å². The lowest BCUT2D eigenvalue weighted by Gasteiger charge is -2.27. The van der Waals surface area contributed by atoms with Crippen LogP contribution in [0.5, 0.6) is 0 Å². The monoisotopic (exact) mass is 303 g/mol. The maximum Gasteiger partial charge on any atom is 0.224 e. The van der Waals surface area contributed by atoms with E-state index in [1.54, 1.807) is 6.07 Å². The second-order valence-corrected chi connectivity index (χ2v) is 6.26. The van der Waals surface area contributed by atoms with Crippen molar-refractivity contribution in [3.63, 3.8) is 0 Å². The van der Waals surface area contributed by atoms with Crippen molar-refractivity contribution in [1.29, 1.82) is 5.26 Å². The summed E-state index contributed by atoms with van der Waals surface area (Å²) in [6.07, 6.45) is 0.537. The Hall–Kier alpha value is -1.51. The summed E-state index contributed by atoms with van der Waals surface area (Å²) < 4.78 is 0. The van der Waals surface area contributed by atoms with E-state index < -0.39 is 0 Å². The Kier molecular flexibility index (Phi) is 6.09. The molecule has 5 heteroatoms. The SMILES string of the molecule is CCN(Cc1ccccc1C#N)C(=O)CC1CSCCN1. The molecular formula is C16H21N3OS. The van der Waals surface area contributed by atoms with Crippen LogP contribution in [0, 0.1) is 11.3 Å². The molecule has 0 spiro atoms. The third kappa shape index (κ3) is 4.48. The van der Waals surface area contributed by atoms with Crippen molar-refractivity contribution in [2.75, 3.05) is 24.6 Å². The van der Waals surface area contributed by atoms with Crippen LogP contribution in [0.3, 0.4) is 0 Å². The molecule has 1 aliphatic heterocycles. The zero-order chi connectivity index (χ0) is 15.1. The van der Waals surface area contributed by atoms with Crippen LogP contribution in [0.15, 0.2) is 24.3 Å². The highest BCUT2D eigenvalue weighted by molar-refractivity contribution is 7.99. The van der Waals surface area contributed by atoms with Gasteiger partial charge in [-0.15, -0.1) is 0 Å². The van der Waals surface area contributed by atoms with Crippen LogP contribution in [0.2, 0.25) is 0 Å². The number of benzene rings is 1. The summed E-state index contributed by atoms with van der Waals surface area (Å²) in [6.45, 7) is 4.14. The third-order valence-corrected chi connectivity index (χ3v) is 4.78. The maximum absolute atomic E-state index is 12.4. The molecule has 4 nitrogen and oxygen atoms in total. The van der Waals surface area contributed by atoms with Crippen molar-refractivity contribution in [3.8, 4) is 6.07 Å². The average Bonchev–Trinajstić information content (AvgIpc) is 2.53. The Labute approximate surface area is 130 Å². The fraction of sp³-hybridized carbons (Fsp3) is 0.500. The van der Waals surface area contributed by atoms with Gasteiger partial charge in [-0.3, -0.25) is 4.79 Å². The Morgan fingerprint density at radius 2 is 2.33 bits per heavy atom. The molecule has 0 aliphatic carbocycles. The zero-order valence-corrected chi connectivity index (χ0v) is 13.2. The largest absolute Gasteiger partial charge is 0.339 e. The first kappa shape index (κ1) is 15.9. The van der Waals surface area contributed by atoms with Gasteiger partial charge in [0.05, 0.1) is 11.6 Å². The van der Waals surface area contributed by atoms with Gasteiger partial charge in [0.2, 0.25) is 5.91 Å². The van der Waals surface area contributed by atoms with E-state index in [1.165, 1.54) is 0 Å². The normalized spacial score (nSPS) is 18.0. The fourth-order valence-corrected chi connectivity index (χ4v) is 3.39. The number of hydrogen-bond donors (Lipinski definition) is 1. The summed E-state index contributed by atoms with van der Waals surface area (Å²) in [7, 11) is 0. The predicted octanol–water partition coefficient (Wildman–Crippen LogP) is 2.00. The topological polar surface area (TPSA) is 56.1 Å². The lowest BCUT2D eigenvalue weighted by atomic mass is 10.1. The van der Waals surface area contributed by atoms with Gasteiger partial charge >= 0.3 is 0 Å². The van der Waals surface area contributed by atoms with Crippen LogP contribution < -0.4 is 5.32 Å². The summed E-state index contributed by atoms with van der Waals surface area (Å²) in [5.74, 6) is 2.28. The summed E-state index contributed by atoms with van der Waals surface area (Å²) in [5.41, 5.74) is 1.57. The molecule has 1 unspecified atom stereocenters. The Morgan fingerprint density at radius 1 is 1.52 bits per heavy atom. The molecule has 1 aromatic rings. The van der Waals surface area contributed by atoms with E-state index in [0.717, 1.165) is 23.6 Å². The highest BCUT2D eigenvalue weighted by atomic mass is 32.2. The van der Waals surface area contributed by atoms with Gasteiger partial charge in [-0.1, -0.05) is 18.2 Å². The molecule has 1 aliphatic rings. The van der Waals surface area contributed by atoms with Gasteiger partial charge in [0.15, 0.2) is 0 Å². The van der Waals surface area contributed by atoms with E-state index in [1.807, 2.05) is 41.8 Å². The Balaban J connectivity index is 1.98. The number of nitrogens with one attached hydrogen (secondary N) is 1. The van der Waals surface area contributed by atoms with Crippen molar-refractivity contribution in [1.82, 2.24) is 10.2 Å². The summed E-state index contributed by atoms with van der Waals surface area (Å²) >= 11 is 1.90.